The van der Waals surface area contributed by atoms with Crippen molar-refractivity contribution in [2.75, 3.05) is 38.3 Å². The SMILES string of the molecule is CN(CC1COCCO1)c1ccnc(CO)c1. The first-order chi connectivity index (χ1) is 8.29. The maximum atomic E-state index is 9.04. The Labute approximate surface area is 101 Å². The van der Waals surface area contributed by atoms with Gasteiger partial charge >= 0.3 is 0 Å². The third-order valence-corrected chi connectivity index (χ3v) is 2.77. The van der Waals surface area contributed by atoms with Crippen LogP contribution < -0.4 is 4.90 Å². The third kappa shape index (κ3) is 3.39. The van der Waals surface area contributed by atoms with Crippen molar-refractivity contribution in [1.29, 1.82) is 0 Å². The summed E-state index contributed by atoms with van der Waals surface area (Å²) in [7, 11) is 1.99. The molecule has 2 heterocycles. The molecule has 1 aromatic heterocycles. The van der Waals surface area contributed by atoms with E-state index >= 15 is 0 Å². The van der Waals surface area contributed by atoms with Gasteiger partial charge in [0, 0.05) is 25.5 Å². The van der Waals surface area contributed by atoms with Gasteiger partial charge in [0.25, 0.3) is 0 Å². The first-order valence-corrected chi connectivity index (χ1v) is 5.76. The molecule has 0 amide bonds. The topological polar surface area (TPSA) is 54.8 Å². The number of ether oxygens (including phenoxy) is 2. The minimum absolute atomic E-state index is 0.0370. The molecule has 0 aliphatic carbocycles. The van der Waals surface area contributed by atoms with Crippen LogP contribution >= 0.6 is 0 Å². The molecule has 0 radical (unpaired) electrons. The van der Waals surface area contributed by atoms with Crippen LogP contribution in [0.15, 0.2) is 18.3 Å². The number of hydrogen-bond acceptors (Lipinski definition) is 5. The highest BCUT2D eigenvalue weighted by atomic mass is 16.6. The van der Waals surface area contributed by atoms with Gasteiger partial charge in [0.1, 0.15) is 0 Å². The zero-order chi connectivity index (χ0) is 12.1. The fraction of sp³-hybridized carbons (Fsp3) is 0.583. The van der Waals surface area contributed by atoms with E-state index in [0.29, 0.717) is 25.5 Å². The van der Waals surface area contributed by atoms with Crippen molar-refractivity contribution in [2.45, 2.75) is 12.7 Å². The quantitative estimate of drug-likeness (QED) is 0.824. The molecule has 0 spiro atoms. The van der Waals surface area contributed by atoms with Crippen molar-refractivity contribution in [1.82, 2.24) is 4.98 Å². The molecular formula is C12H18N2O3. The molecule has 17 heavy (non-hydrogen) atoms. The Morgan fingerprint density at radius 2 is 2.41 bits per heavy atom. The van der Waals surface area contributed by atoms with Crippen LogP contribution in [0.3, 0.4) is 0 Å². The van der Waals surface area contributed by atoms with E-state index in [0.717, 1.165) is 12.2 Å². The van der Waals surface area contributed by atoms with Gasteiger partial charge < -0.3 is 19.5 Å². The van der Waals surface area contributed by atoms with E-state index in [1.165, 1.54) is 0 Å². The van der Waals surface area contributed by atoms with Crippen molar-refractivity contribution >= 4 is 5.69 Å². The summed E-state index contributed by atoms with van der Waals surface area (Å²) in [6, 6.07) is 3.80. The van der Waals surface area contributed by atoms with Crippen LogP contribution in [0.2, 0.25) is 0 Å². The summed E-state index contributed by atoms with van der Waals surface area (Å²) < 4.78 is 11.0. The maximum Gasteiger partial charge on any atom is 0.0983 e. The average molecular weight is 238 g/mol. The summed E-state index contributed by atoms with van der Waals surface area (Å²) in [5.41, 5.74) is 1.70. The number of hydrogen-bond donors (Lipinski definition) is 1. The Kier molecular flexibility index (Phi) is 4.30. The monoisotopic (exact) mass is 238 g/mol. The number of aliphatic hydroxyl groups excluding tert-OH is 1. The maximum absolute atomic E-state index is 9.04. The molecule has 94 valence electrons. The molecule has 1 aliphatic heterocycles. The smallest absolute Gasteiger partial charge is 0.0983 e. The van der Waals surface area contributed by atoms with Gasteiger partial charge in [0.2, 0.25) is 0 Å². The first kappa shape index (κ1) is 12.3. The molecule has 2 rings (SSSR count). The zero-order valence-electron chi connectivity index (χ0n) is 10.0. The molecule has 0 aromatic carbocycles. The molecule has 5 nitrogen and oxygen atoms in total. The molecule has 1 N–H and O–H groups in total. The van der Waals surface area contributed by atoms with Gasteiger partial charge in [-0.3, -0.25) is 4.98 Å². The number of anilines is 1. The van der Waals surface area contributed by atoms with Gasteiger partial charge in [0.15, 0.2) is 0 Å². The predicted molar refractivity (Wildman–Crippen MR) is 64.0 cm³/mol. The van der Waals surface area contributed by atoms with E-state index in [2.05, 4.69) is 9.88 Å². The van der Waals surface area contributed by atoms with Crippen molar-refractivity contribution < 1.29 is 14.6 Å². The number of nitrogens with zero attached hydrogens (tertiary/aromatic N) is 2. The lowest BCUT2D eigenvalue weighted by Crippen LogP contribution is -2.38. The third-order valence-electron chi connectivity index (χ3n) is 2.77. The Hall–Kier alpha value is -1.17. The number of likely N-dealkylation sites (N-methyl/N-ethyl adjacent to an activating group) is 1. The van der Waals surface area contributed by atoms with Gasteiger partial charge in [-0.05, 0) is 12.1 Å². The molecule has 1 aromatic rings. The van der Waals surface area contributed by atoms with Crippen LogP contribution in [-0.4, -0.2) is 49.6 Å². The van der Waals surface area contributed by atoms with Crippen LogP contribution in [0.5, 0.6) is 0 Å². The number of aromatic nitrogens is 1. The summed E-state index contributed by atoms with van der Waals surface area (Å²) >= 11 is 0. The second kappa shape index (κ2) is 5.95. The lowest BCUT2D eigenvalue weighted by atomic mass is 10.2. The van der Waals surface area contributed by atoms with E-state index in [1.807, 2.05) is 19.2 Å². The molecule has 1 fully saturated rings. The Balaban J connectivity index is 1.95. The van der Waals surface area contributed by atoms with Gasteiger partial charge in [-0.2, -0.15) is 0 Å². The van der Waals surface area contributed by atoms with Crippen molar-refractivity contribution in [3.05, 3.63) is 24.0 Å². The molecule has 1 aliphatic rings. The molecular weight excluding hydrogens is 220 g/mol. The highest BCUT2D eigenvalue weighted by Gasteiger charge is 2.16. The average Bonchev–Trinajstić information content (AvgIpc) is 2.40. The summed E-state index contributed by atoms with van der Waals surface area (Å²) in [6.07, 6.45) is 1.81. The van der Waals surface area contributed by atoms with E-state index in [4.69, 9.17) is 14.6 Å². The fourth-order valence-electron chi connectivity index (χ4n) is 1.84. The molecule has 1 saturated heterocycles. The summed E-state index contributed by atoms with van der Waals surface area (Å²) in [6.45, 7) is 2.72. The largest absolute Gasteiger partial charge is 0.390 e. The second-order valence-corrected chi connectivity index (χ2v) is 4.11. The van der Waals surface area contributed by atoms with Crippen molar-refractivity contribution in [3.63, 3.8) is 0 Å². The standard InChI is InChI=1S/C12H18N2O3/c1-14(7-12-9-16-4-5-17-12)11-2-3-13-10(6-11)8-15/h2-3,6,12,15H,4-5,7-9H2,1H3. The molecule has 0 bridgehead atoms. The Bertz CT molecular complexity index is 353. The lowest BCUT2D eigenvalue weighted by molar-refractivity contribution is -0.0837. The molecule has 1 unspecified atom stereocenters. The number of pyridine rings is 1. The molecule has 1 atom stereocenters. The van der Waals surface area contributed by atoms with Gasteiger partial charge in [-0.25, -0.2) is 0 Å². The summed E-state index contributed by atoms with van der Waals surface area (Å²) in [5.74, 6) is 0. The van der Waals surface area contributed by atoms with Crippen molar-refractivity contribution in [2.24, 2.45) is 0 Å². The van der Waals surface area contributed by atoms with E-state index < -0.39 is 0 Å². The van der Waals surface area contributed by atoms with E-state index in [-0.39, 0.29) is 12.7 Å². The summed E-state index contributed by atoms with van der Waals surface area (Å²) in [5, 5.41) is 9.04. The minimum Gasteiger partial charge on any atom is -0.390 e. The van der Waals surface area contributed by atoms with Crippen LogP contribution in [0, 0.1) is 0 Å². The van der Waals surface area contributed by atoms with Gasteiger partial charge in [-0.1, -0.05) is 0 Å². The lowest BCUT2D eigenvalue weighted by Gasteiger charge is -2.28. The highest BCUT2D eigenvalue weighted by Crippen LogP contribution is 2.14. The molecule has 0 saturated carbocycles. The number of aliphatic hydroxyl groups is 1. The van der Waals surface area contributed by atoms with Crippen molar-refractivity contribution in [3.8, 4) is 0 Å². The van der Waals surface area contributed by atoms with E-state index in [9.17, 15) is 0 Å². The summed E-state index contributed by atoms with van der Waals surface area (Å²) in [4.78, 5) is 6.14. The van der Waals surface area contributed by atoms with Crippen LogP contribution in [0.25, 0.3) is 0 Å². The molecule has 5 heteroatoms. The van der Waals surface area contributed by atoms with Gasteiger partial charge in [-0.15, -0.1) is 0 Å². The Morgan fingerprint density at radius 3 is 3.12 bits per heavy atom. The minimum atomic E-state index is -0.0370. The second-order valence-electron chi connectivity index (χ2n) is 4.11. The highest BCUT2D eigenvalue weighted by molar-refractivity contribution is 5.45. The van der Waals surface area contributed by atoms with Crippen LogP contribution in [0.4, 0.5) is 5.69 Å². The fourth-order valence-corrected chi connectivity index (χ4v) is 1.84. The Morgan fingerprint density at radius 1 is 1.53 bits per heavy atom. The van der Waals surface area contributed by atoms with Crippen LogP contribution in [-0.2, 0) is 16.1 Å². The normalized spacial score (nSPS) is 20.2. The first-order valence-electron chi connectivity index (χ1n) is 5.76. The van der Waals surface area contributed by atoms with Gasteiger partial charge in [0.05, 0.1) is 38.2 Å². The van der Waals surface area contributed by atoms with Crippen LogP contribution in [0.1, 0.15) is 5.69 Å². The van der Waals surface area contributed by atoms with E-state index in [1.54, 1.807) is 6.20 Å². The predicted octanol–water partition coefficient (Wildman–Crippen LogP) is 0.425. The number of rotatable bonds is 4. The zero-order valence-corrected chi connectivity index (χ0v) is 10.0.